The standard InChI is InChI=1S/C17H16N2O3S/c20-15(19-14-7-17(14)4-1-5-17)13-8-18-16(23-13)10-2-3-11-12(6-10)22-9-21-11/h2-3,6,8,14H,1,4-5,7,9H2,(H,19,20). The number of rotatable bonds is 3. The number of benzene rings is 1. The van der Waals surface area contributed by atoms with Gasteiger partial charge in [-0.2, -0.15) is 0 Å². The Hall–Kier alpha value is -2.08. The molecule has 6 heteroatoms. The number of hydrogen-bond donors (Lipinski definition) is 1. The second-order valence-corrected chi connectivity index (χ2v) is 7.57. The number of hydrogen-bond acceptors (Lipinski definition) is 5. The van der Waals surface area contributed by atoms with Gasteiger partial charge in [0.1, 0.15) is 9.88 Å². The first kappa shape index (κ1) is 13.4. The maximum Gasteiger partial charge on any atom is 0.263 e. The molecular weight excluding hydrogens is 312 g/mol. The molecule has 2 fully saturated rings. The molecule has 118 valence electrons. The Bertz CT molecular complexity index is 797. The van der Waals surface area contributed by atoms with Crippen molar-refractivity contribution in [3.05, 3.63) is 29.3 Å². The fourth-order valence-electron chi connectivity index (χ4n) is 3.51. The zero-order valence-electron chi connectivity index (χ0n) is 12.5. The number of amides is 1. The first-order valence-corrected chi connectivity index (χ1v) is 8.72. The zero-order valence-corrected chi connectivity index (χ0v) is 13.3. The van der Waals surface area contributed by atoms with Crippen molar-refractivity contribution < 1.29 is 14.3 Å². The quantitative estimate of drug-likeness (QED) is 0.940. The van der Waals surface area contributed by atoms with Crippen LogP contribution in [0.4, 0.5) is 0 Å². The third-order valence-corrected chi connectivity index (χ3v) is 6.24. The Morgan fingerprint density at radius 2 is 2.17 bits per heavy atom. The summed E-state index contributed by atoms with van der Waals surface area (Å²) in [6.45, 7) is 0.257. The summed E-state index contributed by atoms with van der Waals surface area (Å²) in [6.07, 6.45) is 6.65. The van der Waals surface area contributed by atoms with Crippen LogP contribution >= 0.6 is 11.3 Å². The van der Waals surface area contributed by atoms with E-state index in [0.29, 0.717) is 16.3 Å². The smallest absolute Gasteiger partial charge is 0.263 e. The van der Waals surface area contributed by atoms with Gasteiger partial charge in [0.05, 0.1) is 6.20 Å². The number of ether oxygens (including phenoxy) is 2. The van der Waals surface area contributed by atoms with Crippen LogP contribution in [0, 0.1) is 5.41 Å². The average Bonchev–Trinajstić information content (AvgIpc) is 2.91. The SMILES string of the molecule is O=C(NC1CC12CCC2)c1cnc(-c2ccc3c(c2)OCO3)s1. The molecule has 1 atom stereocenters. The number of fused-ring (bicyclic) bond motifs is 1. The molecule has 0 saturated heterocycles. The number of nitrogens with zero attached hydrogens (tertiary/aromatic N) is 1. The topological polar surface area (TPSA) is 60.5 Å². The maximum atomic E-state index is 12.4. The summed E-state index contributed by atoms with van der Waals surface area (Å²) < 4.78 is 10.7. The fraction of sp³-hybridized carbons (Fsp3) is 0.412. The lowest BCUT2D eigenvalue weighted by Gasteiger charge is -2.26. The summed E-state index contributed by atoms with van der Waals surface area (Å²) in [5, 5.41) is 3.98. The minimum atomic E-state index is 0.00303. The van der Waals surface area contributed by atoms with E-state index in [4.69, 9.17) is 9.47 Å². The Balaban J connectivity index is 1.33. The molecule has 0 bridgehead atoms. The molecule has 2 aliphatic carbocycles. The van der Waals surface area contributed by atoms with E-state index in [1.807, 2.05) is 18.2 Å². The van der Waals surface area contributed by atoms with Crippen LogP contribution in [0.3, 0.4) is 0 Å². The molecule has 2 heterocycles. The molecule has 2 aromatic rings. The van der Waals surface area contributed by atoms with Crippen molar-refractivity contribution in [3.63, 3.8) is 0 Å². The summed E-state index contributed by atoms with van der Waals surface area (Å²) in [5.41, 5.74) is 1.39. The van der Waals surface area contributed by atoms with Crippen LogP contribution in [0.25, 0.3) is 10.6 Å². The molecule has 1 aliphatic heterocycles. The van der Waals surface area contributed by atoms with Gasteiger partial charge >= 0.3 is 0 Å². The van der Waals surface area contributed by atoms with Crippen molar-refractivity contribution in [1.29, 1.82) is 0 Å². The molecule has 5 rings (SSSR count). The molecule has 3 aliphatic rings. The van der Waals surface area contributed by atoms with Gasteiger partial charge in [0, 0.05) is 11.6 Å². The van der Waals surface area contributed by atoms with Crippen LogP contribution in [-0.4, -0.2) is 23.7 Å². The van der Waals surface area contributed by atoms with E-state index in [-0.39, 0.29) is 12.7 Å². The van der Waals surface area contributed by atoms with Gasteiger partial charge in [0.25, 0.3) is 5.91 Å². The zero-order chi connectivity index (χ0) is 15.4. The lowest BCUT2D eigenvalue weighted by atomic mass is 9.81. The highest BCUT2D eigenvalue weighted by atomic mass is 32.1. The van der Waals surface area contributed by atoms with E-state index in [2.05, 4.69) is 10.3 Å². The lowest BCUT2D eigenvalue weighted by Crippen LogP contribution is -2.31. The van der Waals surface area contributed by atoms with Crippen LogP contribution in [-0.2, 0) is 0 Å². The number of thiazole rings is 1. The monoisotopic (exact) mass is 328 g/mol. The first-order valence-electron chi connectivity index (χ1n) is 7.90. The van der Waals surface area contributed by atoms with Gasteiger partial charge in [0.15, 0.2) is 11.5 Å². The van der Waals surface area contributed by atoms with Gasteiger partial charge in [0.2, 0.25) is 6.79 Å². The third-order valence-electron chi connectivity index (χ3n) is 5.19. The van der Waals surface area contributed by atoms with Gasteiger partial charge in [-0.3, -0.25) is 4.79 Å². The van der Waals surface area contributed by atoms with Crippen molar-refractivity contribution in [2.45, 2.75) is 31.7 Å². The molecule has 1 aromatic heterocycles. The van der Waals surface area contributed by atoms with Crippen molar-refractivity contribution in [2.75, 3.05) is 6.79 Å². The van der Waals surface area contributed by atoms with Crippen LogP contribution in [0.2, 0.25) is 0 Å². The third kappa shape index (κ3) is 2.12. The molecule has 23 heavy (non-hydrogen) atoms. The highest BCUT2D eigenvalue weighted by Crippen LogP contribution is 2.60. The van der Waals surface area contributed by atoms with Crippen LogP contribution in [0.5, 0.6) is 11.5 Å². The predicted octanol–water partition coefficient (Wildman–Crippen LogP) is 3.21. The lowest BCUT2D eigenvalue weighted by molar-refractivity contribution is 0.0942. The number of nitrogens with one attached hydrogen (secondary N) is 1. The first-order chi connectivity index (χ1) is 11.2. The van der Waals surface area contributed by atoms with Gasteiger partial charge in [-0.05, 0) is 42.9 Å². The molecule has 1 N–H and O–H groups in total. The largest absolute Gasteiger partial charge is 0.454 e. The van der Waals surface area contributed by atoms with Crippen LogP contribution < -0.4 is 14.8 Å². The normalized spacial score (nSPS) is 22.7. The van der Waals surface area contributed by atoms with E-state index in [1.54, 1.807) is 6.20 Å². The Morgan fingerprint density at radius 3 is 2.96 bits per heavy atom. The van der Waals surface area contributed by atoms with Gasteiger partial charge in [-0.25, -0.2) is 4.98 Å². The van der Waals surface area contributed by atoms with Gasteiger partial charge < -0.3 is 14.8 Å². The van der Waals surface area contributed by atoms with Gasteiger partial charge in [-0.15, -0.1) is 11.3 Å². The Labute approximate surface area is 137 Å². The maximum absolute atomic E-state index is 12.4. The summed E-state index contributed by atoms with van der Waals surface area (Å²) in [4.78, 5) is 17.4. The van der Waals surface area contributed by atoms with Crippen molar-refractivity contribution in [2.24, 2.45) is 5.41 Å². The fourth-order valence-corrected chi connectivity index (χ4v) is 4.32. The predicted molar refractivity (Wildman–Crippen MR) is 85.8 cm³/mol. The molecule has 1 spiro atoms. The van der Waals surface area contributed by atoms with Crippen LogP contribution in [0.1, 0.15) is 35.4 Å². The van der Waals surface area contributed by atoms with E-state index in [9.17, 15) is 4.79 Å². The Morgan fingerprint density at radius 1 is 1.30 bits per heavy atom. The van der Waals surface area contributed by atoms with E-state index < -0.39 is 0 Å². The summed E-state index contributed by atoms with van der Waals surface area (Å²) >= 11 is 1.42. The van der Waals surface area contributed by atoms with Crippen molar-refractivity contribution in [3.8, 4) is 22.1 Å². The van der Waals surface area contributed by atoms with Crippen LogP contribution in [0.15, 0.2) is 24.4 Å². The summed E-state index contributed by atoms with van der Waals surface area (Å²) in [5.74, 6) is 1.49. The molecule has 0 radical (unpaired) electrons. The molecular formula is C17H16N2O3S. The molecule has 1 amide bonds. The number of aromatic nitrogens is 1. The average molecular weight is 328 g/mol. The van der Waals surface area contributed by atoms with E-state index >= 15 is 0 Å². The number of carbonyl (C=O) groups excluding carboxylic acids is 1. The van der Waals surface area contributed by atoms with Crippen molar-refractivity contribution >= 4 is 17.2 Å². The van der Waals surface area contributed by atoms with Crippen molar-refractivity contribution in [1.82, 2.24) is 10.3 Å². The summed E-state index contributed by atoms with van der Waals surface area (Å²) in [6, 6.07) is 6.11. The van der Waals surface area contributed by atoms with Gasteiger partial charge in [-0.1, -0.05) is 6.42 Å². The second kappa shape index (κ2) is 4.71. The number of carbonyl (C=O) groups is 1. The highest BCUT2D eigenvalue weighted by molar-refractivity contribution is 7.16. The molecule has 1 aromatic carbocycles. The molecule has 5 nitrogen and oxygen atoms in total. The highest BCUT2D eigenvalue weighted by Gasteiger charge is 2.58. The minimum Gasteiger partial charge on any atom is -0.454 e. The minimum absolute atomic E-state index is 0.00303. The van der Waals surface area contributed by atoms with E-state index in [0.717, 1.165) is 28.5 Å². The summed E-state index contributed by atoms with van der Waals surface area (Å²) in [7, 11) is 0. The second-order valence-electron chi connectivity index (χ2n) is 6.54. The van der Waals surface area contributed by atoms with E-state index in [1.165, 1.54) is 30.6 Å². The Kier molecular flexibility index (Phi) is 2.74. The molecule has 1 unspecified atom stereocenters. The molecule has 2 saturated carbocycles.